The van der Waals surface area contributed by atoms with Crippen molar-refractivity contribution in [2.75, 3.05) is 25.5 Å². The van der Waals surface area contributed by atoms with Crippen molar-refractivity contribution in [3.63, 3.8) is 0 Å². The van der Waals surface area contributed by atoms with Crippen LogP contribution in [0.3, 0.4) is 0 Å². The zero-order chi connectivity index (χ0) is 13.6. The second-order valence-electron chi connectivity index (χ2n) is 4.07. The van der Waals surface area contributed by atoms with Crippen LogP contribution in [0.2, 0.25) is 0 Å². The van der Waals surface area contributed by atoms with Gasteiger partial charge in [0.2, 0.25) is 0 Å². The number of pyridine rings is 1. The van der Waals surface area contributed by atoms with Crippen LogP contribution >= 0.6 is 0 Å². The Hall–Kier alpha value is -1.14. The maximum atomic E-state index is 12.4. The maximum absolute atomic E-state index is 12.4. The van der Waals surface area contributed by atoms with E-state index < -0.39 is 10.0 Å². The van der Waals surface area contributed by atoms with Crippen LogP contribution in [0.4, 0.5) is 5.69 Å². The molecule has 102 valence electrons. The van der Waals surface area contributed by atoms with Crippen LogP contribution in [0, 0.1) is 0 Å². The lowest BCUT2D eigenvalue weighted by Crippen LogP contribution is -2.29. The van der Waals surface area contributed by atoms with Crippen LogP contribution in [0.15, 0.2) is 23.4 Å². The number of nitrogens with one attached hydrogen (secondary N) is 1. The molecule has 0 aliphatic heterocycles. The van der Waals surface area contributed by atoms with Gasteiger partial charge in [0.15, 0.2) is 5.03 Å². The smallest absolute Gasteiger partial charge is 0.262 e. The van der Waals surface area contributed by atoms with Gasteiger partial charge in [0.1, 0.15) is 0 Å². The molecule has 0 aromatic carbocycles. The molecule has 0 fully saturated rings. The lowest BCUT2D eigenvalue weighted by molar-refractivity contribution is 0.457. The van der Waals surface area contributed by atoms with Gasteiger partial charge in [0.05, 0.1) is 5.69 Å². The molecule has 1 rings (SSSR count). The summed E-state index contributed by atoms with van der Waals surface area (Å²) >= 11 is 0. The van der Waals surface area contributed by atoms with Gasteiger partial charge < -0.3 is 5.32 Å². The number of anilines is 1. The number of sulfonamides is 1. The minimum atomic E-state index is -3.50. The highest BCUT2D eigenvalue weighted by Crippen LogP contribution is 2.21. The van der Waals surface area contributed by atoms with Crippen molar-refractivity contribution in [3.8, 4) is 0 Å². The minimum Gasteiger partial charge on any atom is -0.383 e. The molecule has 0 aliphatic rings. The Balaban J connectivity index is 3.04. The van der Waals surface area contributed by atoms with Crippen LogP contribution in [0.5, 0.6) is 0 Å². The van der Waals surface area contributed by atoms with E-state index in [1.807, 2.05) is 13.8 Å². The molecular weight excluding hydrogens is 250 g/mol. The average molecular weight is 271 g/mol. The predicted molar refractivity (Wildman–Crippen MR) is 73.1 cm³/mol. The lowest BCUT2D eigenvalue weighted by Gasteiger charge is -2.18. The summed E-state index contributed by atoms with van der Waals surface area (Å²) in [4.78, 5) is 4.01. The zero-order valence-corrected chi connectivity index (χ0v) is 12.0. The summed E-state index contributed by atoms with van der Waals surface area (Å²) in [5, 5.41) is 3.13. The third-order valence-electron chi connectivity index (χ3n) is 2.62. The summed E-state index contributed by atoms with van der Waals surface area (Å²) in [6.45, 7) is 5.13. The van der Waals surface area contributed by atoms with E-state index in [2.05, 4.69) is 10.3 Å². The Morgan fingerprint density at radius 2 is 2.11 bits per heavy atom. The summed E-state index contributed by atoms with van der Waals surface area (Å²) in [6.07, 6.45) is 3.31. The van der Waals surface area contributed by atoms with Gasteiger partial charge in [-0.05, 0) is 25.5 Å². The fraction of sp³-hybridized carbons (Fsp3) is 0.583. The second kappa shape index (κ2) is 6.70. The SMILES string of the molecule is CCCCN(C)S(=O)(=O)c1ncccc1NCC. The Morgan fingerprint density at radius 1 is 1.39 bits per heavy atom. The van der Waals surface area contributed by atoms with Crippen LogP contribution in [-0.2, 0) is 10.0 Å². The Bertz CT molecular complexity index is 474. The molecule has 0 amide bonds. The van der Waals surface area contributed by atoms with Crippen LogP contribution < -0.4 is 5.32 Å². The largest absolute Gasteiger partial charge is 0.383 e. The summed E-state index contributed by atoms with van der Waals surface area (Å²) < 4.78 is 26.1. The summed E-state index contributed by atoms with van der Waals surface area (Å²) in [5.74, 6) is 0. The molecule has 0 atom stereocenters. The third-order valence-corrected chi connectivity index (χ3v) is 4.44. The number of rotatable bonds is 7. The highest BCUT2D eigenvalue weighted by Gasteiger charge is 2.24. The molecule has 1 aromatic rings. The fourth-order valence-electron chi connectivity index (χ4n) is 1.57. The lowest BCUT2D eigenvalue weighted by atomic mass is 10.3. The first-order valence-corrected chi connectivity index (χ1v) is 7.63. The first-order valence-electron chi connectivity index (χ1n) is 6.19. The van der Waals surface area contributed by atoms with Gasteiger partial charge in [-0.25, -0.2) is 13.4 Å². The van der Waals surface area contributed by atoms with E-state index in [0.29, 0.717) is 18.8 Å². The maximum Gasteiger partial charge on any atom is 0.262 e. The average Bonchev–Trinajstić information content (AvgIpc) is 2.36. The minimum absolute atomic E-state index is 0.102. The monoisotopic (exact) mass is 271 g/mol. The first-order chi connectivity index (χ1) is 8.54. The molecule has 18 heavy (non-hydrogen) atoms. The number of nitrogens with zero attached hydrogens (tertiary/aromatic N) is 2. The van der Waals surface area contributed by atoms with Crippen molar-refractivity contribution in [2.24, 2.45) is 0 Å². The van der Waals surface area contributed by atoms with E-state index in [9.17, 15) is 8.42 Å². The van der Waals surface area contributed by atoms with Gasteiger partial charge in [-0.15, -0.1) is 0 Å². The van der Waals surface area contributed by atoms with Gasteiger partial charge in [-0.3, -0.25) is 0 Å². The summed E-state index contributed by atoms with van der Waals surface area (Å²) in [7, 11) is -1.91. The molecule has 0 radical (unpaired) electrons. The van der Waals surface area contributed by atoms with Crippen molar-refractivity contribution < 1.29 is 8.42 Å². The molecule has 1 heterocycles. The second-order valence-corrected chi connectivity index (χ2v) is 6.03. The first kappa shape index (κ1) is 14.9. The molecule has 5 nitrogen and oxygen atoms in total. The summed E-state index contributed by atoms with van der Waals surface area (Å²) in [5.41, 5.74) is 0.559. The molecule has 0 aliphatic carbocycles. The zero-order valence-electron chi connectivity index (χ0n) is 11.2. The molecule has 1 N–H and O–H groups in total. The molecule has 6 heteroatoms. The van der Waals surface area contributed by atoms with E-state index >= 15 is 0 Å². The standard InChI is InChI=1S/C12H21N3O2S/c1-4-6-10-15(3)18(16,17)12-11(13-5-2)8-7-9-14-12/h7-9,13H,4-6,10H2,1-3H3. The van der Waals surface area contributed by atoms with E-state index in [0.717, 1.165) is 12.8 Å². The van der Waals surface area contributed by atoms with E-state index in [1.54, 1.807) is 19.2 Å². The van der Waals surface area contributed by atoms with Gasteiger partial charge in [-0.2, -0.15) is 4.31 Å². The van der Waals surface area contributed by atoms with Crippen LogP contribution in [0.1, 0.15) is 26.7 Å². The van der Waals surface area contributed by atoms with Gasteiger partial charge in [0.25, 0.3) is 10.0 Å². The highest BCUT2D eigenvalue weighted by atomic mass is 32.2. The highest BCUT2D eigenvalue weighted by molar-refractivity contribution is 7.89. The molecule has 0 bridgehead atoms. The van der Waals surface area contributed by atoms with Crippen molar-refractivity contribution in [1.29, 1.82) is 0 Å². The van der Waals surface area contributed by atoms with E-state index in [4.69, 9.17) is 0 Å². The summed E-state index contributed by atoms with van der Waals surface area (Å²) in [6, 6.07) is 3.46. The Kier molecular flexibility index (Phi) is 5.55. The van der Waals surface area contributed by atoms with Gasteiger partial charge >= 0.3 is 0 Å². The Labute approximate surface area is 109 Å². The number of aromatic nitrogens is 1. The van der Waals surface area contributed by atoms with E-state index in [-0.39, 0.29) is 5.03 Å². The molecular formula is C12H21N3O2S. The number of hydrogen-bond donors (Lipinski definition) is 1. The number of unbranched alkanes of at least 4 members (excludes halogenated alkanes) is 1. The topological polar surface area (TPSA) is 62.3 Å². The van der Waals surface area contributed by atoms with Gasteiger partial charge in [0, 0.05) is 26.3 Å². The number of hydrogen-bond acceptors (Lipinski definition) is 4. The predicted octanol–water partition coefficient (Wildman–Crippen LogP) is 1.93. The van der Waals surface area contributed by atoms with Crippen molar-refractivity contribution >= 4 is 15.7 Å². The van der Waals surface area contributed by atoms with E-state index in [1.165, 1.54) is 10.5 Å². The van der Waals surface area contributed by atoms with Crippen molar-refractivity contribution in [3.05, 3.63) is 18.3 Å². The molecule has 1 aromatic heterocycles. The van der Waals surface area contributed by atoms with Crippen molar-refractivity contribution in [1.82, 2.24) is 9.29 Å². The molecule has 0 saturated carbocycles. The Morgan fingerprint density at radius 3 is 2.72 bits per heavy atom. The molecule has 0 spiro atoms. The molecule has 0 saturated heterocycles. The third kappa shape index (κ3) is 3.43. The fourth-order valence-corrected chi connectivity index (χ4v) is 2.85. The normalized spacial score (nSPS) is 11.8. The quantitative estimate of drug-likeness (QED) is 0.823. The van der Waals surface area contributed by atoms with Gasteiger partial charge in [-0.1, -0.05) is 13.3 Å². The molecule has 0 unspecified atom stereocenters. The van der Waals surface area contributed by atoms with Crippen molar-refractivity contribution in [2.45, 2.75) is 31.7 Å². The van der Waals surface area contributed by atoms with Crippen LogP contribution in [-0.4, -0.2) is 37.8 Å². The van der Waals surface area contributed by atoms with Crippen LogP contribution in [0.25, 0.3) is 0 Å².